The zero-order valence-corrected chi connectivity index (χ0v) is 15.5. The van der Waals surface area contributed by atoms with Crippen molar-refractivity contribution < 1.29 is 32.2 Å². The lowest BCUT2D eigenvalue weighted by Crippen LogP contribution is -2.17. The number of hydrogen-bond acceptors (Lipinski definition) is 4. The summed E-state index contributed by atoms with van der Waals surface area (Å²) in [5.74, 6) is 0.531. The zero-order valence-electron chi connectivity index (χ0n) is 15.5. The third-order valence-electron chi connectivity index (χ3n) is 3.92. The molecule has 0 aliphatic heterocycles. The molecule has 0 atom stereocenters. The molecule has 2 aromatic carbocycles. The van der Waals surface area contributed by atoms with Gasteiger partial charge in [0.15, 0.2) is 17.8 Å². The van der Waals surface area contributed by atoms with Crippen LogP contribution in [0.1, 0.15) is 35.3 Å². The molecule has 2 aromatic rings. The summed E-state index contributed by atoms with van der Waals surface area (Å²) < 4.78 is 51.8. The molecule has 0 saturated heterocycles. The Balaban J connectivity index is 2.36. The quantitative estimate of drug-likeness (QED) is 0.576. The van der Waals surface area contributed by atoms with Crippen LogP contribution in [0.15, 0.2) is 30.3 Å². The van der Waals surface area contributed by atoms with E-state index >= 15 is 0 Å². The van der Waals surface area contributed by atoms with Gasteiger partial charge in [-0.05, 0) is 48.6 Å². The number of aldehydes is 1. The zero-order chi connectivity index (χ0) is 20.2. The highest BCUT2D eigenvalue weighted by molar-refractivity contribution is 5.82. The molecular formula is C20H21F3O4. The SMILES string of the molecule is COc1cc(OC(F)(F)F)ccc1Oc1ccc(CC(C)C)c(C)c1C=O. The van der Waals surface area contributed by atoms with Gasteiger partial charge in [0.25, 0.3) is 0 Å². The van der Waals surface area contributed by atoms with Crippen LogP contribution < -0.4 is 14.2 Å². The number of carbonyl (C=O) groups excluding carboxylic acids is 1. The van der Waals surface area contributed by atoms with E-state index in [0.717, 1.165) is 29.7 Å². The number of methoxy groups -OCH3 is 1. The number of carbonyl (C=O) groups is 1. The number of rotatable bonds is 7. The Kier molecular flexibility index (Phi) is 6.36. The summed E-state index contributed by atoms with van der Waals surface area (Å²) in [6.45, 7) is 6.01. The molecule has 0 bridgehead atoms. The molecule has 0 radical (unpaired) electrons. The maximum Gasteiger partial charge on any atom is 0.573 e. The van der Waals surface area contributed by atoms with Gasteiger partial charge in [0.1, 0.15) is 11.5 Å². The molecule has 0 saturated carbocycles. The van der Waals surface area contributed by atoms with Gasteiger partial charge < -0.3 is 14.2 Å². The fourth-order valence-corrected chi connectivity index (χ4v) is 2.69. The van der Waals surface area contributed by atoms with Gasteiger partial charge in [-0.3, -0.25) is 4.79 Å². The number of halogens is 3. The van der Waals surface area contributed by atoms with Crippen molar-refractivity contribution in [3.8, 4) is 23.0 Å². The van der Waals surface area contributed by atoms with E-state index in [0.29, 0.717) is 23.5 Å². The minimum atomic E-state index is -4.80. The predicted molar refractivity (Wildman–Crippen MR) is 94.9 cm³/mol. The minimum Gasteiger partial charge on any atom is -0.493 e. The van der Waals surface area contributed by atoms with E-state index < -0.39 is 12.1 Å². The molecule has 0 fully saturated rings. The molecule has 146 valence electrons. The van der Waals surface area contributed by atoms with Crippen LogP contribution >= 0.6 is 0 Å². The molecule has 4 nitrogen and oxygen atoms in total. The Labute approximate surface area is 155 Å². The molecule has 7 heteroatoms. The normalized spacial score (nSPS) is 11.4. The second kappa shape index (κ2) is 8.33. The first-order chi connectivity index (χ1) is 12.6. The lowest BCUT2D eigenvalue weighted by Gasteiger charge is -2.17. The van der Waals surface area contributed by atoms with Gasteiger partial charge in [0.05, 0.1) is 12.7 Å². The van der Waals surface area contributed by atoms with Crippen LogP contribution in [-0.4, -0.2) is 19.8 Å². The van der Waals surface area contributed by atoms with Crippen molar-refractivity contribution in [3.05, 3.63) is 47.0 Å². The second-order valence-corrected chi connectivity index (χ2v) is 6.44. The fraction of sp³-hybridized carbons (Fsp3) is 0.350. The average Bonchev–Trinajstić information content (AvgIpc) is 2.57. The van der Waals surface area contributed by atoms with Crippen LogP contribution in [0.25, 0.3) is 0 Å². The summed E-state index contributed by atoms with van der Waals surface area (Å²) >= 11 is 0. The van der Waals surface area contributed by atoms with E-state index in [4.69, 9.17) is 9.47 Å². The first kappa shape index (κ1) is 20.6. The molecule has 0 aliphatic carbocycles. The number of benzene rings is 2. The third-order valence-corrected chi connectivity index (χ3v) is 3.92. The topological polar surface area (TPSA) is 44.8 Å². The van der Waals surface area contributed by atoms with E-state index in [1.807, 2.05) is 13.0 Å². The fourth-order valence-electron chi connectivity index (χ4n) is 2.69. The standard InChI is InChI=1S/C20H21F3O4/c1-12(2)9-14-5-7-17(16(11-24)13(14)3)26-18-8-6-15(10-19(18)25-4)27-20(21,22)23/h5-8,10-12H,9H2,1-4H3. The number of alkyl halides is 3. The molecule has 0 heterocycles. The summed E-state index contributed by atoms with van der Waals surface area (Å²) in [4.78, 5) is 11.6. The Morgan fingerprint density at radius 1 is 1.07 bits per heavy atom. The van der Waals surface area contributed by atoms with Crippen molar-refractivity contribution >= 4 is 6.29 Å². The molecule has 0 aliphatic rings. The predicted octanol–water partition coefficient (Wildman–Crippen LogP) is 5.71. The van der Waals surface area contributed by atoms with Crippen LogP contribution in [-0.2, 0) is 6.42 Å². The van der Waals surface area contributed by atoms with Crippen molar-refractivity contribution in [3.63, 3.8) is 0 Å². The summed E-state index contributed by atoms with van der Waals surface area (Å²) in [7, 11) is 1.30. The van der Waals surface area contributed by atoms with E-state index in [9.17, 15) is 18.0 Å². The van der Waals surface area contributed by atoms with Gasteiger partial charge in [-0.15, -0.1) is 13.2 Å². The van der Waals surface area contributed by atoms with Crippen LogP contribution in [0.3, 0.4) is 0 Å². The average molecular weight is 382 g/mol. The monoisotopic (exact) mass is 382 g/mol. The highest BCUT2D eigenvalue weighted by Crippen LogP contribution is 2.38. The van der Waals surface area contributed by atoms with E-state index in [-0.39, 0.29) is 11.5 Å². The Hall–Kier alpha value is -2.70. The lowest BCUT2D eigenvalue weighted by molar-refractivity contribution is -0.274. The van der Waals surface area contributed by atoms with E-state index in [1.165, 1.54) is 13.2 Å². The van der Waals surface area contributed by atoms with Crippen LogP contribution in [0.5, 0.6) is 23.0 Å². The molecule has 0 spiro atoms. The molecule has 0 aromatic heterocycles. The van der Waals surface area contributed by atoms with Gasteiger partial charge in [-0.2, -0.15) is 0 Å². The Morgan fingerprint density at radius 2 is 1.74 bits per heavy atom. The van der Waals surface area contributed by atoms with Gasteiger partial charge >= 0.3 is 6.36 Å². The highest BCUT2D eigenvalue weighted by atomic mass is 19.4. The molecule has 2 rings (SSSR count). The summed E-state index contributed by atoms with van der Waals surface area (Å²) in [6.07, 6.45) is -3.27. The number of ether oxygens (including phenoxy) is 3. The first-order valence-corrected chi connectivity index (χ1v) is 8.34. The maximum absolute atomic E-state index is 12.4. The summed E-state index contributed by atoms with van der Waals surface area (Å²) in [5.41, 5.74) is 2.25. The van der Waals surface area contributed by atoms with E-state index in [2.05, 4.69) is 18.6 Å². The van der Waals surface area contributed by atoms with Crippen LogP contribution in [0, 0.1) is 12.8 Å². The molecule has 0 amide bonds. The van der Waals surface area contributed by atoms with Crippen molar-refractivity contribution in [2.45, 2.75) is 33.6 Å². The molecular weight excluding hydrogens is 361 g/mol. The van der Waals surface area contributed by atoms with Crippen LogP contribution in [0.4, 0.5) is 13.2 Å². The number of hydrogen-bond donors (Lipinski definition) is 0. The van der Waals surface area contributed by atoms with Crippen molar-refractivity contribution in [2.75, 3.05) is 7.11 Å². The molecule has 0 N–H and O–H groups in total. The van der Waals surface area contributed by atoms with Gasteiger partial charge in [0, 0.05) is 6.07 Å². The Morgan fingerprint density at radius 3 is 2.30 bits per heavy atom. The third kappa shape index (κ3) is 5.39. The summed E-state index contributed by atoms with van der Waals surface area (Å²) in [6, 6.07) is 7.04. The van der Waals surface area contributed by atoms with Crippen molar-refractivity contribution in [1.82, 2.24) is 0 Å². The smallest absolute Gasteiger partial charge is 0.493 e. The van der Waals surface area contributed by atoms with Gasteiger partial charge in [-0.25, -0.2) is 0 Å². The Bertz CT molecular complexity index is 814. The highest BCUT2D eigenvalue weighted by Gasteiger charge is 2.31. The van der Waals surface area contributed by atoms with Gasteiger partial charge in [0.2, 0.25) is 0 Å². The summed E-state index contributed by atoms with van der Waals surface area (Å²) in [5, 5.41) is 0. The maximum atomic E-state index is 12.4. The van der Waals surface area contributed by atoms with Gasteiger partial charge in [-0.1, -0.05) is 19.9 Å². The molecule has 27 heavy (non-hydrogen) atoms. The van der Waals surface area contributed by atoms with E-state index in [1.54, 1.807) is 6.07 Å². The molecule has 0 unspecified atom stereocenters. The van der Waals surface area contributed by atoms with Crippen molar-refractivity contribution in [2.24, 2.45) is 5.92 Å². The minimum absolute atomic E-state index is 0.0532. The van der Waals surface area contributed by atoms with Crippen LogP contribution in [0.2, 0.25) is 0 Å². The first-order valence-electron chi connectivity index (χ1n) is 8.34. The largest absolute Gasteiger partial charge is 0.573 e. The second-order valence-electron chi connectivity index (χ2n) is 6.44. The lowest BCUT2D eigenvalue weighted by atomic mass is 9.95. The van der Waals surface area contributed by atoms with Crippen molar-refractivity contribution in [1.29, 1.82) is 0 Å².